The molecule has 3 nitrogen and oxygen atoms in total. The average molecular weight is 320 g/mol. The lowest BCUT2D eigenvalue weighted by atomic mass is 9.97. The molecule has 2 unspecified atom stereocenters. The van der Waals surface area contributed by atoms with E-state index in [0.717, 1.165) is 12.1 Å². The zero-order valence-corrected chi connectivity index (χ0v) is 14.3. The number of rotatable bonds is 4. The van der Waals surface area contributed by atoms with Crippen molar-refractivity contribution in [1.82, 2.24) is 5.32 Å². The van der Waals surface area contributed by atoms with E-state index in [0.29, 0.717) is 5.92 Å². The summed E-state index contributed by atoms with van der Waals surface area (Å²) in [7, 11) is 0. The van der Waals surface area contributed by atoms with Crippen molar-refractivity contribution < 1.29 is 4.79 Å². The van der Waals surface area contributed by atoms with Crippen molar-refractivity contribution in [3.63, 3.8) is 0 Å². The molecule has 2 aromatic carbocycles. The number of benzene rings is 2. The molecule has 0 saturated heterocycles. The number of anilines is 1. The first-order valence-corrected chi connectivity index (χ1v) is 8.84. The summed E-state index contributed by atoms with van der Waals surface area (Å²) in [5, 5.41) is 6.75. The molecule has 2 aliphatic rings. The average Bonchev–Trinajstić information content (AvgIpc) is 3.31. The van der Waals surface area contributed by atoms with E-state index in [2.05, 4.69) is 66.9 Å². The molecule has 1 amide bonds. The maximum absolute atomic E-state index is 12.9. The first-order valence-electron chi connectivity index (χ1n) is 8.84. The number of hydrogen-bond acceptors (Lipinski definition) is 2. The van der Waals surface area contributed by atoms with Crippen molar-refractivity contribution >= 4 is 11.6 Å². The number of amides is 1. The van der Waals surface area contributed by atoms with Gasteiger partial charge in [0, 0.05) is 12.1 Å². The molecule has 4 rings (SSSR count). The van der Waals surface area contributed by atoms with Gasteiger partial charge in [0.1, 0.15) is 6.04 Å². The Kier molecular flexibility index (Phi) is 3.79. The van der Waals surface area contributed by atoms with Gasteiger partial charge >= 0.3 is 0 Å². The van der Waals surface area contributed by atoms with Gasteiger partial charge in [-0.2, -0.15) is 0 Å². The summed E-state index contributed by atoms with van der Waals surface area (Å²) in [4.78, 5) is 12.9. The Morgan fingerprint density at radius 1 is 1.08 bits per heavy atom. The van der Waals surface area contributed by atoms with Crippen LogP contribution in [0.2, 0.25) is 0 Å². The van der Waals surface area contributed by atoms with Crippen molar-refractivity contribution in [2.75, 3.05) is 5.32 Å². The Morgan fingerprint density at radius 2 is 1.83 bits per heavy atom. The van der Waals surface area contributed by atoms with Crippen molar-refractivity contribution in [1.29, 1.82) is 0 Å². The molecule has 1 heterocycles. The summed E-state index contributed by atoms with van der Waals surface area (Å²) in [6, 6.07) is 14.7. The maximum Gasteiger partial charge on any atom is 0.243 e. The van der Waals surface area contributed by atoms with Gasteiger partial charge in [-0.15, -0.1) is 0 Å². The van der Waals surface area contributed by atoms with Crippen molar-refractivity contribution in [3.05, 3.63) is 64.7 Å². The SMILES string of the molecule is Cc1ccccc1C(NC(=O)C1Cc2cccc(C)c2N1)C1CC1. The van der Waals surface area contributed by atoms with Gasteiger partial charge in [0.05, 0.1) is 6.04 Å². The number of carbonyl (C=O) groups excluding carboxylic acids is 1. The van der Waals surface area contributed by atoms with Crippen LogP contribution in [-0.2, 0) is 11.2 Å². The van der Waals surface area contributed by atoms with Gasteiger partial charge < -0.3 is 10.6 Å². The van der Waals surface area contributed by atoms with Crippen LogP contribution in [0.5, 0.6) is 0 Å². The van der Waals surface area contributed by atoms with Crippen LogP contribution >= 0.6 is 0 Å². The second-order valence-electron chi connectivity index (χ2n) is 7.19. The Morgan fingerprint density at radius 3 is 2.54 bits per heavy atom. The molecule has 2 N–H and O–H groups in total. The highest BCUT2D eigenvalue weighted by molar-refractivity contribution is 5.88. The fourth-order valence-corrected chi connectivity index (χ4v) is 3.78. The molecule has 1 fully saturated rings. The second-order valence-corrected chi connectivity index (χ2v) is 7.19. The van der Waals surface area contributed by atoms with Gasteiger partial charge in [-0.25, -0.2) is 0 Å². The maximum atomic E-state index is 12.9. The summed E-state index contributed by atoms with van der Waals surface area (Å²) < 4.78 is 0. The topological polar surface area (TPSA) is 41.1 Å². The lowest BCUT2D eigenvalue weighted by molar-refractivity contribution is -0.122. The molecule has 3 heteroatoms. The summed E-state index contributed by atoms with van der Waals surface area (Å²) in [5.74, 6) is 0.700. The number of hydrogen-bond donors (Lipinski definition) is 2. The molecule has 2 atom stereocenters. The van der Waals surface area contributed by atoms with Gasteiger partial charge in [0.25, 0.3) is 0 Å². The zero-order valence-electron chi connectivity index (χ0n) is 14.3. The van der Waals surface area contributed by atoms with Crippen molar-refractivity contribution in [3.8, 4) is 0 Å². The number of para-hydroxylation sites is 1. The van der Waals surface area contributed by atoms with E-state index >= 15 is 0 Å². The van der Waals surface area contributed by atoms with Crippen LogP contribution < -0.4 is 10.6 Å². The summed E-state index contributed by atoms with van der Waals surface area (Å²) in [6.07, 6.45) is 3.18. The zero-order chi connectivity index (χ0) is 16.7. The van der Waals surface area contributed by atoms with Crippen LogP contribution in [0, 0.1) is 19.8 Å². The van der Waals surface area contributed by atoms with E-state index in [1.54, 1.807) is 0 Å². The predicted molar refractivity (Wildman–Crippen MR) is 97.1 cm³/mol. The monoisotopic (exact) mass is 320 g/mol. The van der Waals surface area contributed by atoms with Gasteiger partial charge in [0.15, 0.2) is 0 Å². The normalized spacial score (nSPS) is 20.2. The van der Waals surface area contributed by atoms with Crippen molar-refractivity contribution in [2.24, 2.45) is 5.92 Å². The highest BCUT2D eigenvalue weighted by Gasteiger charge is 2.36. The molecule has 2 aromatic rings. The number of nitrogens with one attached hydrogen (secondary N) is 2. The minimum atomic E-state index is -0.161. The molecule has 1 aliphatic carbocycles. The summed E-state index contributed by atoms with van der Waals surface area (Å²) in [6.45, 7) is 4.22. The molecule has 1 saturated carbocycles. The third kappa shape index (κ3) is 2.79. The van der Waals surface area contributed by atoms with E-state index in [-0.39, 0.29) is 18.0 Å². The predicted octanol–water partition coefficient (Wildman–Crippen LogP) is 3.91. The fourth-order valence-electron chi connectivity index (χ4n) is 3.78. The third-order valence-corrected chi connectivity index (χ3v) is 5.33. The van der Waals surface area contributed by atoms with Crippen LogP contribution in [0.15, 0.2) is 42.5 Å². The van der Waals surface area contributed by atoms with Crippen LogP contribution in [0.4, 0.5) is 5.69 Å². The smallest absolute Gasteiger partial charge is 0.243 e. The Hall–Kier alpha value is -2.29. The van der Waals surface area contributed by atoms with Crippen LogP contribution in [-0.4, -0.2) is 11.9 Å². The largest absolute Gasteiger partial charge is 0.373 e. The van der Waals surface area contributed by atoms with E-state index in [4.69, 9.17) is 0 Å². The number of aryl methyl sites for hydroxylation is 2. The van der Waals surface area contributed by atoms with E-state index in [1.807, 2.05) is 0 Å². The van der Waals surface area contributed by atoms with E-state index < -0.39 is 0 Å². The highest BCUT2D eigenvalue weighted by Crippen LogP contribution is 2.42. The second kappa shape index (κ2) is 5.97. The molecule has 0 radical (unpaired) electrons. The Balaban J connectivity index is 1.51. The fraction of sp³-hybridized carbons (Fsp3) is 0.381. The number of carbonyl (C=O) groups is 1. The molecule has 0 spiro atoms. The van der Waals surface area contributed by atoms with E-state index in [9.17, 15) is 4.79 Å². The molecule has 1 aliphatic heterocycles. The molecular formula is C21H24N2O. The van der Waals surface area contributed by atoms with E-state index in [1.165, 1.54) is 35.1 Å². The lowest BCUT2D eigenvalue weighted by Gasteiger charge is -2.23. The first kappa shape index (κ1) is 15.3. The Labute approximate surface area is 143 Å². The third-order valence-electron chi connectivity index (χ3n) is 5.33. The van der Waals surface area contributed by atoms with Crippen LogP contribution in [0.1, 0.15) is 41.1 Å². The van der Waals surface area contributed by atoms with Gasteiger partial charge in [-0.1, -0.05) is 42.5 Å². The number of fused-ring (bicyclic) bond motifs is 1. The highest BCUT2D eigenvalue weighted by atomic mass is 16.2. The minimum absolute atomic E-state index is 0.116. The lowest BCUT2D eigenvalue weighted by Crippen LogP contribution is -2.41. The Bertz CT molecular complexity index is 779. The van der Waals surface area contributed by atoms with Gasteiger partial charge in [-0.05, 0) is 54.9 Å². The molecule has 0 aromatic heterocycles. The van der Waals surface area contributed by atoms with Crippen molar-refractivity contribution in [2.45, 2.75) is 45.2 Å². The van der Waals surface area contributed by atoms with Gasteiger partial charge in [-0.3, -0.25) is 4.79 Å². The molecular weight excluding hydrogens is 296 g/mol. The summed E-state index contributed by atoms with van der Waals surface area (Å²) >= 11 is 0. The van der Waals surface area contributed by atoms with Crippen LogP contribution in [0.25, 0.3) is 0 Å². The van der Waals surface area contributed by atoms with Gasteiger partial charge in [0.2, 0.25) is 5.91 Å². The minimum Gasteiger partial charge on any atom is -0.373 e. The van der Waals surface area contributed by atoms with Crippen LogP contribution in [0.3, 0.4) is 0 Å². The standard InChI is InChI=1S/C21H24N2O/c1-13-6-3-4-9-17(13)20(15-10-11-15)23-21(24)18-12-16-8-5-7-14(2)19(16)22-18/h3-9,15,18,20,22H,10-12H2,1-2H3,(H,23,24). The summed E-state index contributed by atoms with van der Waals surface area (Å²) in [5.41, 5.74) is 6.11. The molecule has 0 bridgehead atoms. The first-order chi connectivity index (χ1) is 11.6. The molecule has 24 heavy (non-hydrogen) atoms. The molecule has 124 valence electrons. The quantitative estimate of drug-likeness (QED) is 0.897.